The number of likely N-dealkylation sites (N-methyl/N-ethyl adjacent to an activating group) is 1. The van der Waals surface area contributed by atoms with Gasteiger partial charge in [-0.3, -0.25) is 0 Å². The van der Waals surface area contributed by atoms with E-state index in [0.717, 1.165) is 58.1 Å². The van der Waals surface area contributed by atoms with E-state index in [1.165, 1.54) is 0 Å². The highest BCUT2D eigenvalue weighted by Gasteiger charge is 2.19. The van der Waals surface area contributed by atoms with Crippen LogP contribution >= 0.6 is 0 Å². The Balaban J connectivity index is 1.76. The zero-order valence-electron chi connectivity index (χ0n) is 19.6. The highest BCUT2D eigenvalue weighted by molar-refractivity contribution is 5.99. The van der Waals surface area contributed by atoms with Crippen LogP contribution in [-0.4, -0.2) is 44.2 Å². The highest BCUT2D eigenvalue weighted by atomic mass is 16.5. The van der Waals surface area contributed by atoms with E-state index in [-0.39, 0.29) is 5.97 Å². The number of fused-ring (bicyclic) bond motifs is 2. The molecule has 0 bridgehead atoms. The number of nitrogens with zero attached hydrogens (tertiary/aromatic N) is 1. The summed E-state index contributed by atoms with van der Waals surface area (Å²) in [4.78, 5) is 15.4. The summed E-state index contributed by atoms with van der Waals surface area (Å²) < 4.78 is 11.5. The number of carbonyl (C=O) groups excluding carboxylic acids is 1. The van der Waals surface area contributed by atoms with Crippen LogP contribution in [0.5, 0.6) is 5.75 Å². The fourth-order valence-electron chi connectivity index (χ4n) is 4.47. The predicted octanol–water partition coefficient (Wildman–Crippen LogP) is 6.09. The molecule has 0 N–H and O–H groups in total. The van der Waals surface area contributed by atoms with Gasteiger partial charge >= 0.3 is 5.97 Å². The van der Waals surface area contributed by atoms with Crippen molar-refractivity contribution in [1.82, 2.24) is 4.90 Å². The van der Waals surface area contributed by atoms with E-state index >= 15 is 0 Å². The lowest BCUT2D eigenvalue weighted by molar-refractivity contribution is 0.0465. The molecule has 4 aromatic carbocycles. The third kappa shape index (κ3) is 4.86. The van der Waals surface area contributed by atoms with Gasteiger partial charge in [-0.15, -0.1) is 0 Å². The highest BCUT2D eigenvalue weighted by Crippen LogP contribution is 2.33. The van der Waals surface area contributed by atoms with Crippen molar-refractivity contribution < 1.29 is 14.3 Å². The number of carbonyl (C=O) groups is 1. The number of methoxy groups -OCH3 is 1. The Hall–Kier alpha value is -3.37. The molecule has 0 amide bonds. The van der Waals surface area contributed by atoms with Crippen molar-refractivity contribution in [2.24, 2.45) is 0 Å². The third-order valence-electron chi connectivity index (χ3n) is 6.37. The van der Waals surface area contributed by atoms with Gasteiger partial charge in [0.2, 0.25) is 0 Å². The molecule has 33 heavy (non-hydrogen) atoms. The maximum Gasteiger partial charge on any atom is 0.338 e. The first-order valence-electron chi connectivity index (χ1n) is 11.6. The predicted molar refractivity (Wildman–Crippen MR) is 135 cm³/mol. The summed E-state index contributed by atoms with van der Waals surface area (Å²) in [6.07, 6.45) is 0.576. The second kappa shape index (κ2) is 10.5. The Morgan fingerprint density at radius 2 is 1.39 bits per heavy atom. The van der Waals surface area contributed by atoms with Gasteiger partial charge in [0.25, 0.3) is 0 Å². The van der Waals surface area contributed by atoms with Crippen molar-refractivity contribution in [3.05, 3.63) is 89.5 Å². The topological polar surface area (TPSA) is 38.8 Å². The Labute approximate surface area is 195 Å². The van der Waals surface area contributed by atoms with Crippen LogP contribution < -0.4 is 4.74 Å². The average molecular weight is 442 g/mol. The second-order valence-electron chi connectivity index (χ2n) is 8.12. The first-order valence-corrected chi connectivity index (χ1v) is 11.6. The van der Waals surface area contributed by atoms with E-state index in [9.17, 15) is 4.79 Å². The normalized spacial score (nSPS) is 11.3. The number of benzene rings is 4. The molecule has 0 aliphatic carbocycles. The van der Waals surface area contributed by atoms with Gasteiger partial charge in [-0.05, 0) is 52.3 Å². The number of esters is 1. The van der Waals surface area contributed by atoms with Crippen LogP contribution in [0.2, 0.25) is 0 Å². The summed E-state index contributed by atoms with van der Waals surface area (Å²) >= 11 is 0. The SMILES string of the molecule is CCN(CC)CCOC(=O)c1ccc2ccccc2c1Cc1c(OC)ccc2ccccc12. The minimum absolute atomic E-state index is 0.276. The lowest BCUT2D eigenvalue weighted by atomic mass is 9.91. The third-order valence-corrected chi connectivity index (χ3v) is 6.37. The molecule has 0 heterocycles. The van der Waals surface area contributed by atoms with Crippen LogP contribution in [0.4, 0.5) is 0 Å². The van der Waals surface area contributed by atoms with Gasteiger partial charge in [-0.2, -0.15) is 0 Å². The van der Waals surface area contributed by atoms with E-state index in [4.69, 9.17) is 9.47 Å². The molecule has 0 radical (unpaired) electrons. The fraction of sp³-hybridized carbons (Fsp3) is 0.276. The van der Waals surface area contributed by atoms with Crippen LogP contribution in [-0.2, 0) is 11.2 Å². The molecule has 0 fully saturated rings. The summed E-state index contributed by atoms with van der Waals surface area (Å²) in [6, 6.07) is 24.5. The van der Waals surface area contributed by atoms with Crippen molar-refractivity contribution in [2.45, 2.75) is 20.3 Å². The average Bonchev–Trinajstić information content (AvgIpc) is 2.86. The largest absolute Gasteiger partial charge is 0.496 e. The van der Waals surface area contributed by atoms with Gasteiger partial charge in [-0.25, -0.2) is 4.79 Å². The fourth-order valence-corrected chi connectivity index (χ4v) is 4.47. The maximum atomic E-state index is 13.2. The van der Waals surface area contributed by atoms with Gasteiger partial charge in [-0.1, -0.05) is 74.5 Å². The molecule has 0 aromatic heterocycles. The molecule has 0 atom stereocenters. The minimum Gasteiger partial charge on any atom is -0.496 e. The standard InChI is InChI=1S/C29H31NO3/c1-4-30(5-2)18-19-33-29(31)25-16-14-21-10-6-8-12-23(21)26(25)20-27-24-13-9-7-11-22(24)15-17-28(27)32-3/h6-17H,4-5,18-20H2,1-3H3. The van der Waals surface area contributed by atoms with Crippen molar-refractivity contribution in [3.63, 3.8) is 0 Å². The summed E-state index contributed by atoms with van der Waals surface area (Å²) in [6.45, 7) is 7.23. The molecule has 4 nitrogen and oxygen atoms in total. The lowest BCUT2D eigenvalue weighted by Gasteiger charge is -2.19. The maximum absolute atomic E-state index is 13.2. The van der Waals surface area contributed by atoms with Gasteiger partial charge in [0.05, 0.1) is 12.7 Å². The van der Waals surface area contributed by atoms with Gasteiger partial charge < -0.3 is 14.4 Å². The molecule has 4 aromatic rings. The van der Waals surface area contributed by atoms with Crippen molar-refractivity contribution in [3.8, 4) is 5.75 Å². The first kappa shape index (κ1) is 22.8. The van der Waals surface area contributed by atoms with Crippen molar-refractivity contribution in [2.75, 3.05) is 33.4 Å². The summed E-state index contributed by atoms with van der Waals surface area (Å²) in [5, 5.41) is 4.44. The van der Waals surface area contributed by atoms with E-state index in [1.54, 1.807) is 7.11 Å². The lowest BCUT2D eigenvalue weighted by Crippen LogP contribution is -2.28. The Morgan fingerprint density at radius 1 is 0.788 bits per heavy atom. The molecule has 0 aliphatic heterocycles. The smallest absolute Gasteiger partial charge is 0.338 e. The number of hydrogen-bond donors (Lipinski definition) is 0. The van der Waals surface area contributed by atoms with Gasteiger partial charge in [0.1, 0.15) is 12.4 Å². The molecular formula is C29H31NO3. The minimum atomic E-state index is -0.276. The Morgan fingerprint density at radius 3 is 2.03 bits per heavy atom. The van der Waals surface area contributed by atoms with E-state index in [1.807, 2.05) is 42.5 Å². The molecule has 4 rings (SSSR count). The molecule has 0 aliphatic rings. The number of ether oxygens (including phenoxy) is 2. The molecule has 170 valence electrons. The van der Waals surface area contributed by atoms with Crippen LogP contribution in [0.3, 0.4) is 0 Å². The van der Waals surface area contributed by atoms with Gasteiger partial charge in [0, 0.05) is 18.5 Å². The van der Waals surface area contributed by atoms with E-state index in [2.05, 4.69) is 49.1 Å². The van der Waals surface area contributed by atoms with Crippen LogP contribution in [0.1, 0.15) is 35.3 Å². The van der Waals surface area contributed by atoms with Crippen molar-refractivity contribution in [1.29, 1.82) is 0 Å². The Bertz CT molecular complexity index is 1260. The second-order valence-corrected chi connectivity index (χ2v) is 8.12. The van der Waals surface area contributed by atoms with E-state index < -0.39 is 0 Å². The molecule has 0 saturated heterocycles. The summed E-state index contributed by atoms with van der Waals surface area (Å²) in [7, 11) is 1.69. The summed E-state index contributed by atoms with van der Waals surface area (Å²) in [5.74, 6) is 0.546. The van der Waals surface area contributed by atoms with Crippen LogP contribution in [0, 0.1) is 0 Å². The molecule has 0 unspecified atom stereocenters. The quantitative estimate of drug-likeness (QED) is 0.295. The summed E-state index contributed by atoms with van der Waals surface area (Å²) in [5.41, 5.74) is 2.66. The molecular weight excluding hydrogens is 410 g/mol. The zero-order valence-corrected chi connectivity index (χ0v) is 19.6. The van der Waals surface area contributed by atoms with Crippen LogP contribution in [0.25, 0.3) is 21.5 Å². The monoisotopic (exact) mass is 441 g/mol. The van der Waals surface area contributed by atoms with E-state index in [0.29, 0.717) is 18.6 Å². The van der Waals surface area contributed by atoms with Crippen molar-refractivity contribution >= 4 is 27.5 Å². The zero-order chi connectivity index (χ0) is 23.2. The first-order chi connectivity index (χ1) is 16.2. The Kier molecular flexibility index (Phi) is 7.26. The van der Waals surface area contributed by atoms with Crippen LogP contribution in [0.15, 0.2) is 72.8 Å². The molecule has 0 saturated carbocycles. The molecule has 4 heteroatoms. The molecule has 0 spiro atoms. The number of rotatable bonds is 9. The van der Waals surface area contributed by atoms with Gasteiger partial charge in [0.15, 0.2) is 0 Å². The number of hydrogen-bond acceptors (Lipinski definition) is 4.